The van der Waals surface area contributed by atoms with Crippen LogP contribution in [0, 0.1) is 0 Å². The fraction of sp³-hybridized carbons (Fsp3) is 0. The number of hydrogen-bond acceptors (Lipinski definition) is 2. The summed E-state index contributed by atoms with van der Waals surface area (Å²) in [5, 5.41) is -0.0272. The van der Waals surface area contributed by atoms with E-state index in [-0.39, 0.29) is 16.6 Å². The first-order valence-electron chi connectivity index (χ1n) is 3.86. The molecule has 0 atom stereocenters. The van der Waals surface area contributed by atoms with Gasteiger partial charge in [-0.15, -0.1) is 0 Å². The van der Waals surface area contributed by atoms with Crippen LogP contribution in [0.4, 0.5) is 0 Å². The maximum atomic E-state index is 11.5. The van der Waals surface area contributed by atoms with Gasteiger partial charge in [0.25, 0.3) is 0 Å². The van der Waals surface area contributed by atoms with Gasteiger partial charge in [0.05, 0.1) is 5.03 Å². The van der Waals surface area contributed by atoms with E-state index in [0.29, 0.717) is 15.6 Å². The first-order chi connectivity index (χ1) is 6.61. The molecule has 0 heterocycles. The first kappa shape index (κ1) is 9.62. The molecule has 0 fully saturated rings. The zero-order chi connectivity index (χ0) is 10.3. The Morgan fingerprint density at radius 3 is 2.64 bits per heavy atom. The molecule has 1 aliphatic rings. The number of Topliss-reactive ketones (excluding diaryl/α,β-unsaturated/α-hetero) is 1. The minimum atomic E-state index is -0.303. The molecule has 1 aliphatic carbocycles. The molecule has 0 radical (unpaired) electrons. The predicted octanol–water partition coefficient (Wildman–Crippen LogP) is 2.95. The molecule has 0 aliphatic heterocycles. The number of halogens is 2. The Balaban J connectivity index is 2.75. The number of allylic oxidation sites excluding steroid dienone is 2. The lowest BCUT2D eigenvalue weighted by Gasteiger charge is -2.12. The van der Waals surface area contributed by atoms with Crippen LogP contribution in [0.15, 0.2) is 33.8 Å². The average molecular weight is 271 g/mol. The molecule has 0 saturated carbocycles. The van der Waals surface area contributed by atoms with Crippen LogP contribution in [0.25, 0.3) is 0 Å². The van der Waals surface area contributed by atoms with Crippen molar-refractivity contribution in [2.24, 2.45) is 0 Å². The van der Waals surface area contributed by atoms with Crippen molar-refractivity contribution in [1.29, 1.82) is 0 Å². The van der Waals surface area contributed by atoms with E-state index >= 15 is 0 Å². The number of fused-ring (bicyclic) bond motifs is 1. The lowest BCUT2D eigenvalue weighted by Crippen LogP contribution is -2.14. The van der Waals surface area contributed by atoms with Crippen molar-refractivity contribution >= 4 is 39.1 Å². The van der Waals surface area contributed by atoms with Gasteiger partial charge in [0.15, 0.2) is 5.78 Å². The van der Waals surface area contributed by atoms with Gasteiger partial charge in [0.1, 0.15) is 0 Å². The van der Waals surface area contributed by atoms with Crippen LogP contribution < -0.4 is 0 Å². The van der Waals surface area contributed by atoms with E-state index in [1.54, 1.807) is 18.2 Å². The fourth-order valence-corrected chi connectivity index (χ4v) is 2.11. The van der Waals surface area contributed by atoms with Gasteiger partial charge in [-0.1, -0.05) is 39.7 Å². The summed E-state index contributed by atoms with van der Waals surface area (Å²) in [5.41, 5.74) is 0.749. The average Bonchev–Trinajstić information content (AvgIpc) is 2.14. The van der Waals surface area contributed by atoms with Crippen molar-refractivity contribution in [3.63, 3.8) is 0 Å². The Bertz CT molecular complexity index is 477. The molecular formula is C10H4BrClO2. The summed E-state index contributed by atoms with van der Waals surface area (Å²) < 4.78 is 0.619. The summed E-state index contributed by atoms with van der Waals surface area (Å²) in [4.78, 5) is 23.1. The molecule has 70 valence electrons. The predicted molar refractivity (Wildman–Crippen MR) is 56.7 cm³/mol. The minimum Gasteiger partial charge on any atom is -0.289 e. The van der Waals surface area contributed by atoms with E-state index in [1.807, 2.05) is 0 Å². The normalized spacial score (nSPS) is 15.1. The Labute approximate surface area is 93.7 Å². The SMILES string of the molecule is O=C1C(Cl)=CC(=O)c2c(Br)cccc21. The van der Waals surface area contributed by atoms with Crippen molar-refractivity contribution < 1.29 is 9.59 Å². The Hall–Kier alpha value is -0.930. The quantitative estimate of drug-likeness (QED) is 0.727. The van der Waals surface area contributed by atoms with Crippen molar-refractivity contribution in [3.8, 4) is 0 Å². The Kier molecular flexibility index (Phi) is 2.29. The third-order valence-electron chi connectivity index (χ3n) is 1.98. The number of hydrogen-bond donors (Lipinski definition) is 0. The molecule has 0 spiro atoms. The molecule has 0 amide bonds. The fourth-order valence-electron chi connectivity index (χ4n) is 1.35. The Morgan fingerprint density at radius 2 is 1.93 bits per heavy atom. The van der Waals surface area contributed by atoms with Crippen LogP contribution in [0.2, 0.25) is 0 Å². The van der Waals surface area contributed by atoms with Crippen molar-refractivity contribution in [2.45, 2.75) is 0 Å². The number of rotatable bonds is 0. The number of ketones is 2. The minimum absolute atomic E-state index is 0.0272. The van der Waals surface area contributed by atoms with Crippen molar-refractivity contribution in [3.05, 3.63) is 44.9 Å². The second-order valence-electron chi connectivity index (χ2n) is 2.85. The molecular weight excluding hydrogens is 267 g/mol. The molecule has 0 saturated heterocycles. The van der Waals surface area contributed by atoms with Gasteiger partial charge in [-0.3, -0.25) is 9.59 Å². The number of benzene rings is 1. The van der Waals surface area contributed by atoms with Gasteiger partial charge in [0.2, 0.25) is 5.78 Å². The summed E-state index contributed by atoms with van der Waals surface area (Å²) in [6.45, 7) is 0. The van der Waals surface area contributed by atoms with E-state index in [4.69, 9.17) is 11.6 Å². The molecule has 1 aromatic carbocycles. The van der Waals surface area contributed by atoms with E-state index in [0.717, 1.165) is 6.08 Å². The van der Waals surface area contributed by atoms with Crippen molar-refractivity contribution in [2.75, 3.05) is 0 Å². The largest absolute Gasteiger partial charge is 0.289 e. The zero-order valence-electron chi connectivity index (χ0n) is 6.88. The summed E-state index contributed by atoms with van der Waals surface area (Å²) in [6, 6.07) is 5.01. The highest BCUT2D eigenvalue weighted by Crippen LogP contribution is 2.28. The van der Waals surface area contributed by atoms with Gasteiger partial charge >= 0.3 is 0 Å². The van der Waals surface area contributed by atoms with E-state index < -0.39 is 0 Å². The molecule has 2 nitrogen and oxygen atoms in total. The Morgan fingerprint density at radius 1 is 1.21 bits per heavy atom. The highest BCUT2D eigenvalue weighted by molar-refractivity contribution is 9.10. The topological polar surface area (TPSA) is 34.1 Å². The van der Waals surface area contributed by atoms with Gasteiger partial charge in [0, 0.05) is 21.7 Å². The summed E-state index contributed by atoms with van der Waals surface area (Å²) in [5.74, 6) is -0.542. The van der Waals surface area contributed by atoms with Gasteiger partial charge in [-0.05, 0) is 6.07 Å². The molecule has 1 aromatic rings. The maximum Gasteiger partial charge on any atom is 0.205 e. The molecule has 2 rings (SSSR count). The molecule has 4 heteroatoms. The van der Waals surface area contributed by atoms with Crippen LogP contribution in [0.5, 0.6) is 0 Å². The zero-order valence-corrected chi connectivity index (χ0v) is 9.22. The van der Waals surface area contributed by atoms with E-state index in [1.165, 1.54) is 0 Å². The number of carbonyl (C=O) groups excluding carboxylic acids is 2. The van der Waals surface area contributed by atoms with Crippen LogP contribution >= 0.6 is 27.5 Å². The van der Waals surface area contributed by atoms with Crippen LogP contribution in [0.1, 0.15) is 20.7 Å². The van der Waals surface area contributed by atoms with Crippen LogP contribution in [0.3, 0.4) is 0 Å². The van der Waals surface area contributed by atoms with Gasteiger partial charge in [-0.2, -0.15) is 0 Å². The monoisotopic (exact) mass is 270 g/mol. The second-order valence-corrected chi connectivity index (χ2v) is 4.11. The van der Waals surface area contributed by atoms with E-state index in [2.05, 4.69) is 15.9 Å². The molecule has 0 unspecified atom stereocenters. The lowest BCUT2D eigenvalue weighted by atomic mass is 9.95. The van der Waals surface area contributed by atoms with Crippen LogP contribution in [-0.4, -0.2) is 11.6 Å². The summed E-state index contributed by atoms with van der Waals surface area (Å²) >= 11 is 8.84. The molecule has 0 N–H and O–H groups in total. The summed E-state index contributed by atoms with van der Waals surface area (Å²) in [6.07, 6.45) is 1.15. The first-order valence-corrected chi connectivity index (χ1v) is 5.03. The highest BCUT2D eigenvalue weighted by Gasteiger charge is 2.25. The van der Waals surface area contributed by atoms with Gasteiger partial charge in [-0.25, -0.2) is 0 Å². The van der Waals surface area contributed by atoms with Gasteiger partial charge < -0.3 is 0 Å². The van der Waals surface area contributed by atoms with Crippen LogP contribution in [-0.2, 0) is 0 Å². The molecule has 0 aromatic heterocycles. The number of carbonyl (C=O) groups is 2. The lowest BCUT2D eigenvalue weighted by molar-refractivity contribution is 0.0990. The molecule has 14 heavy (non-hydrogen) atoms. The standard InChI is InChI=1S/C10H4BrClO2/c11-6-3-1-2-5-9(6)8(13)4-7(12)10(5)14/h1-4H. The second kappa shape index (κ2) is 3.33. The molecule has 0 bridgehead atoms. The third kappa shape index (κ3) is 1.33. The van der Waals surface area contributed by atoms with E-state index in [9.17, 15) is 9.59 Å². The smallest absolute Gasteiger partial charge is 0.205 e. The van der Waals surface area contributed by atoms with Crippen molar-refractivity contribution in [1.82, 2.24) is 0 Å². The maximum absolute atomic E-state index is 11.5. The highest BCUT2D eigenvalue weighted by atomic mass is 79.9. The summed E-state index contributed by atoms with van der Waals surface area (Å²) in [7, 11) is 0. The third-order valence-corrected chi connectivity index (χ3v) is 2.92.